The molecule has 3 rings (SSSR count). The second-order valence-corrected chi connectivity index (χ2v) is 5.82. The van der Waals surface area contributed by atoms with Gasteiger partial charge in [0.25, 0.3) is 0 Å². The number of rotatable bonds is 5. The maximum Gasteiger partial charge on any atom is 0.200 e. The van der Waals surface area contributed by atoms with Crippen molar-refractivity contribution in [3.05, 3.63) is 53.8 Å². The highest BCUT2D eigenvalue weighted by atomic mass is 32.2. The van der Waals surface area contributed by atoms with E-state index in [1.165, 1.54) is 18.0 Å². The second-order valence-electron chi connectivity index (χ2n) is 4.84. The van der Waals surface area contributed by atoms with Crippen LogP contribution in [-0.4, -0.2) is 25.6 Å². The maximum absolute atomic E-state index is 13.6. The number of aliphatic hydroxyl groups is 1. The van der Waals surface area contributed by atoms with Crippen molar-refractivity contribution >= 4 is 11.8 Å². The first-order valence-electron chi connectivity index (χ1n) is 6.75. The fraction of sp³-hybridized carbons (Fsp3) is 0.200. The lowest BCUT2D eigenvalue weighted by Gasteiger charge is -2.11. The molecular formula is C15H13F2N3O2S. The summed E-state index contributed by atoms with van der Waals surface area (Å²) in [6, 6.07) is 6.50. The van der Waals surface area contributed by atoms with Crippen LogP contribution in [0.1, 0.15) is 11.7 Å². The van der Waals surface area contributed by atoms with Crippen molar-refractivity contribution in [2.24, 2.45) is 7.05 Å². The molecular weight excluding hydrogens is 324 g/mol. The first kappa shape index (κ1) is 15.7. The van der Waals surface area contributed by atoms with Gasteiger partial charge in [-0.05, 0) is 30.3 Å². The molecule has 2 heterocycles. The number of aromatic nitrogens is 3. The van der Waals surface area contributed by atoms with Gasteiger partial charge in [-0.25, -0.2) is 8.78 Å². The summed E-state index contributed by atoms with van der Waals surface area (Å²) in [5.41, 5.74) is -0.0778. The highest BCUT2D eigenvalue weighted by Gasteiger charge is 2.18. The average Bonchev–Trinajstić information content (AvgIpc) is 3.17. The predicted octanol–water partition coefficient (Wildman–Crippen LogP) is 3.18. The Bertz CT molecular complexity index is 805. The van der Waals surface area contributed by atoms with Crippen molar-refractivity contribution < 1.29 is 18.3 Å². The van der Waals surface area contributed by atoms with Crippen LogP contribution < -0.4 is 0 Å². The van der Waals surface area contributed by atoms with Gasteiger partial charge in [0, 0.05) is 18.4 Å². The van der Waals surface area contributed by atoms with Crippen molar-refractivity contribution in [1.29, 1.82) is 0 Å². The Hall–Kier alpha value is -2.19. The zero-order valence-corrected chi connectivity index (χ0v) is 12.9. The van der Waals surface area contributed by atoms with Crippen molar-refractivity contribution in [1.82, 2.24) is 14.8 Å². The van der Waals surface area contributed by atoms with Gasteiger partial charge in [0.15, 0.2) is 16.7 Å². The number of furan rings is 1. The molecule has 8 heteroatoms. The average molecular weight is 337 g/mol. The molecule has 0 fully saturated rings. The fourth-order valence-electron chi connectivity index (χ4n) is 2.07. The Kier molecular flexibility index (Phi) is 4.44. The number of aliphatic hydroxyl groups excluding tert-OH is 1. The Morgan fingerprint density at radius 2 is 2.13 bits per heavy atom. The molecule has 0 radical (unpaired) electrons. The number of halogens is 2. The van der Waals surface area contributed by atoms with E-state index in [1.54, 1.807) is 23.7 Å². The van der Waals surface area contributed by atoms with E-state index in [2.05, 4.69) is 10.2 Å². The Balaban J connectivity index is 1.72. The molecule has 0 saturated heterocycles. The smallest absolute Gasteiger partial charge is 0.200 e. The second kappa shape index (κ2) is 6.51. The summed E-state index contributed by atoms with van der Waals surface area (Å²) in [4.78, 5) is 0. The summed E-state index contributed by atoms with van der Waals surface area (Å²) in [5.74, 6) is -0.00437. The molecule has 1 unspecified atom stereocenters. The molecule has 0 saturated carbocycles. The monoisotopic (exact) mass is 337 g/mol. The molecule has 120 valence electrons. The van der Waals surface area contributed by atoms with Crippen LogP contribution >= 0.6 is 11.8 Å². The molecule has 0 aliphatic heterocycles. The number of thioether (sulfide) groups is 1. The standard InChI is InChI=1S/C15H13F2N3O2S/c1-20-14(13-3-2-6-22-13)18-19-15(20)23-8-12(21)10-7-9(16)4-5-11(10)17/h2-7,12,21H,8H2,1H3. The summed E-state index contributed by atoms with van der Waals surface area (Å²) < 4.78 is 33.8. The van der Waals surface area contributed by atoms with Gasteiger partial charge in [-0.2, -0.15) is 0 Å². The van der Waals surface area contributed by atoms with E-state index in [-0.39, 0.29) is 11.3 Å². The van der Waals surface area contributed by atoms with Gasteiger partial charge in [0.05, 0.1) is 12.4 Å². The third-order valence-corrected chi connectivity index (χ3v) is 4.36. The lowest BCUT2D eigenvalue weighted by molar-refractivity contribution is 0.198. The highest BCUT2D eigenvalue weighted by Crippen LogP contribution is 2.27. The Morgan fingerprint density at radius 1 is 1.30 bits per heavy atom. The molecule has 1 N–H and O–H groups in total. The molecule has 0 bridgehead atoms. The van der Waals surface area contributed by atoms with Crippen LogP contribution in [0.3, 0.4) is 0 Å². The van der Waals surface area contributed by atoms with E-state index < -0.39 is 17.7 Å². The first-order chi connectivity index (χ1) is 11.1. The third kappa shape index (κ3) is 3.27. The van der Waals surface area contributed by atoms with Gasteiger partial charge < -0.3 is 14.1 Å². The van der Waals surface area contributed by atoms with E-state index in [4.69, 9.17) is 4.42 Å². The molecule has 0 spiro atoms. The number of nitrogens with zero attached hydrogens (tertiary/aromatic N) is 3. The van der Waals surface area contributed by atoms with E-state index in [1.807, 2.05) is 0 Å². The van der Waals surface area contributed by atoms with Crippen LogP contribution in [0.15, 0.2) is 46.2 Å². The van der Waals surface area contributed by atoms with Crippen LogP contribution in [0, 0.1) is 11.6 Å². The lowest BCUT2D eigenvalue weighted by Crippen LogP contribution is -2.05. The predicted molar refractivity (Wildman–Crippen MR) is 80.7 cm³/mol. The molecule has 1 aromatic carbocycles. The quantitative estimate of drug-likeness (QED) is 0.725. The van der Waals surface area contributed by atoms with Crippen molar-refractivity contribution in [2.75, 3.05) is 5.75 Å². The van der Waals surface area contributed by atoms with Gasteiger partial charge in [-0.3, -0.25) is 0 Å². The van der Waals surface area contributed by atoms with Gasteiger partial charge in [-0.15, -0.1) is 10.2 Å². The molecule has 23 heavy (non-hydrogen) atoms. The van der Waals surface area contributed by atoms with Crippen LogP contribution in [0.2, 0.25) is 0 Å². The minimum atomic E-state index is -1.15. The van der Waals surface area contributed by atoms with Crippen LogP contribution in [0.25, 0.3) is 11.6 Å². The van der Waals surface area contributed by atoms with Crippen molar-refractivity contribution in [3.63, 3.8) is 0 Å². The molecule has 0 amide bonds. The summed E-state index contributed by atoms with van der Waals surface area (Å²) in [7, 11) is 1.76. The molecule has 3 aromatic rings. The SMILES string of the molecule is Cn1c(SCC(O)c2cc(F)ccc2F)nnc1-c1ccco1. The number of hydrogen-bond acceptors (Lipinski definition) is 5. The minimum absolute atomic E-state index is 0.0778. The number of benzene rings is 1. The summed E-state index contributed by atoms with van der Waals surface area (Å²) in [6.07, 6.45) is 0.382. The largest absolute Gasteiger partial charge is 0.461 e. The molecule has 1 atom stereocenters. The lowest BCUT2D eigenvalue weighted by atomic mass is 10.1. The van der Waals surface area contributed by atoms with E-state index in [0.29, 0.717) is 16.7 Å². The highest BCUT2D eigenvalue weighted by molar-refractivity contribution is 7.99. The van der Waals surface area contributed by atoms with Gasteiger partial charge in [-0.1, -0.05) is 11.8 Å². The van der Waals surface area contributed by atoms with Gasteiger partial charge >= 0.3 is 0 Å². The van der Waals surface area contributed by atoms with Crippen LogP contribution in [-0.2, 0) is 7.05 Å². The molecule has 2 aromatic heterocycles. The van der Waals surface area contributed by atoms with Crippen LogP contribution in [0.4, 0.5) is 8.78 Å². The Labute approximate surface area is 135 Å². The van der Waals surface area contributed by atoms with Crippen LogP contribution in [0.5, 0.6) is 0 Å². The third-order valence-electron chi connectivity index (χ3n) is 3.26. The maximum atomic E-state index is 13.6. The zero-order valence-electron chi connectivity index (χ0n) is 12.1. The topological polar surface area (TPSA) is 64.1 Å². The van der Waals surface area contributed by atoms with E-state index >= 15 is 0 Å². The van der Waals surface area contributed by atoms with E-state index in [9.17, 15) is 13.9 Å². The van der Waals surface area contributed by atoms with Crippen molar-refractivity contribution in [3.8, 4) is 11.6 Å². The zero-order chi connectivity index (χ0) is 16.4. The summed E-state index contributed by atoms with van der Waals surface area (Å²) in [6.45, 7) is 0. The summed E-state index contributed by atoms with van der Waals surface area (Å²) >= 11 is 1.19. The van der Waals surface area contributed by atoms with Gasteiger partial charge in [0.2, 0.25) is 0 Å². The molecule has 5 nitrogen and oxygen atoms in total. The fourth-order valence-corrected chi connectivity index (χ4v) is 2.94. The first-order valence-corrected chi connectivity index (χ1v) is 7.74. The molecule has 0 aliphatic rings. The van der Waals surface area contributed by atoms with E-state index in [0.717, 1.165) is 18.2 Å². The van der Waals surface area contributed by atoms with Crippen molar-refractivity contribution in [2.45, 2.75) is 11.3 Å². The summed E-state index contributed by atoms with van der Waals surface area (Å²) in [5, 5.41) is 18.6. The normalized spacial score (nSPS) is 12.5. The number of hydrogen-bond donors (Lipinski definition) is 1. The Morgan fingerprint density at radius 3 is 2.87 bits per heavy atom. The van der Waals surface area contributed by atoms with Gasteiger partial charge in [0.1, 0.15) is 11.6 Å². The molecule has 0 aliphatic carbocycles. The minimum Gasteiger partial charge on any atom is -0.461 e.